The Morgan fingerprint density at radius 2 is 1.82 bits per heavy atom. The number of aryl methyl sites for hydroxylation is 1. The Morgan fingerprint density at radius 3 is 2.36 bits per heavy atom. The Morgan fingerprint density at radius 1 is 1.21 bits per heavy atom. The van der Waals surface area contributed by atoms with Crippen LogP contribution in [-0.2, 0) is 11.6 Å². The minimum atomic E-state index is -4.89. The number of aromatic nitrogens is 1. The fraction of sp³-hybridized carbons (Fsp3) is 0.176. The van der Waals surface area contributed by atoms with Gasteiger partial charge in [0.25, 0.3) is 7.82 Å². The lowest BCUT2D eigenvalue weighted by Crippen LogP contribution is -2.25. The van der Waals surface area contributed by atoms with Crippen molar-refractivity contribution in [2.75, 3.05) is 14.2 Å². The maximum absolute atomic E-state index is 8.77. The van der Waals surface area contributed by atoms with Crippen LogP contribution in [0.1, 0.15) is 0 Å². The van der Waals surface area contributed by atoms with E-state index in [-0.39, 0.29) is 0 Å². The number of fused-ring (bicyclic) bond motifs is 1. The Kier molecular flexibility index (Phi) is 7.11. The molecule has 2 N–H and O–H groups in total. The van der Waals surface area contributed by atoms with Gasteiger partial charge in [-0.25, -0.2) is 9.14 Å². The molecule has 3 aromatic rings. The van der Waals surface area contributed by atoms with Gasteiger partial charge < -0.3 is 19.4 Å². The van der Waals surface area contributed by atoms with Gasteiger partial charge in [-0.05, 0) is 40.7 Å². The Bertz CT molecular complexity index is 1050. The molecular formula is C17H20N4O5PS+. The molecule has 0 spiro atoms. The number of azo groups is 1. The Labute approximate surface area is 165 Å². The molecule has 0 amide bonds. The predicted octanol–water partition coefficient (Wildman–Crippen LogP) is 2.56. The zero-order chi connectivity index (χ0) is 20.9. The third-order valence-corrected chi connectivity index (χ3v) is 4.64. The van der Waals surface area contributed by atoms with Gasteiger partial charge in [0, 0.05) is 18.2 Å². The fourth-order valence-corrected chi connectivity index (χ4v) is 3.21. The first-order valence-electron chi connectivity index (χ1n) is 7.87. The number of rotatable bonds is 4. The minimum Gasteiger partial charge on any atom is -0.756 e. The Balaban J connectivity index is 0.000000500. The maximum atomic E-state index is 8.77. The van der Waals surface area contributed by atoms with Crippen molar-refractivity contribution < 1.29 is 33.1 Å². The van der Waals surface area contributed by atoms with Gasteiger partial charge in [0.1, 0.15) is 30.7 Å². The Hall–Kier alpha value is -2.49. The second kappa shape index (κ2) is 9.13. The summed E-state index contributed by atoms with van der Waals surface area (Å²) in [6, 6.07) is 13.8. The average Bonchev–Trinajstić information content (AvgIpc) is 2.94. The second-order valence-electron chi connectivity index (χ2n) is 5.68. The molecule has 2 aromatic carbocycles. The molecule has 0 bridgehead atoms. The van der Waals surface area contributed by atoms with Gasteiger partial charge in [-0.3, -0.25) is 4.57 Å². The number of hydrogen-bond acceptors (Lipinski definition) is 6. The zero-order valence-electron chi connectivity index (χ0n) is 15.5. The lowest BCUT2D eigenvalue weighted by Gasteiger charge is -2.01. The van der Waals surface area contributed by atoms with Gasteiger partial charge >= 0.3 is 5.13 Å². The van der Waals surface area contributed by atoms with Gasteiger partial charge in [-0.1, -0.05) is 0 Å². The molecule has 0 saturated carbocycles. The monoisotopic (exact) mass is 423 g/mol. The van der Waals surface area contributed by atoms with Crippen molar-refractivity contribution in [2.24, 2.45) is 17.3 Å². The third-order valence-electron chi connectivity index (χ3n) is 3.56. The average molecular weight is 423 g/mol. The van der Waals surface area contributed by atoms with Crippen LogP contribution in [0.3, 0.4) is 0 Å². The summed E-state index contributed by atoms with van der Waals surface area (Å²) >= 11 is 1.59. The van der Waals surface area contributed by atoms with Crippen molar-refractivity contribution in [3.8, 4) is 5.75 Å². The fourth-order valence-electron chi connectivity index (χ4n) is 2.21. The van der Waals surface area contributed by atoms with Crippen LogP contribution in [0.15, 0.2) is 52.7 Å². The van der Waals surface area contributed by atoms with Crippen molar-refractivity contribution in [1.82, 2.24) is 0 Å². The first-order valence-corrected chi connectivity index (χ1v) is 10.2. The summed E-state index contributed by atoms with van der Waals surface area (Å²) in [5.74, 6) is 0.843. The van der Waals surface area contributed by atoms with Crippen molar-refractivity contribution in [3.63, 3.8) is 0 Å². The number of thiazole rings is 1. The number of ether oxygens (including phenoxy) is 1. The summed E-state index contributed by atoms with van der Waals surface area (Å²) in [7, 11) is 0.671. The van der Waals surface area contributed by atoms with Gasteiger partial charge in [0.15, 0.2) is 0 Å². The molecule has 9 nitrogen and oxygen atoms in total. The standard InChI is InChI=1S/C17H18N4OS.H3O4P/c1-20(2)13-7-5-12(6-8-13)18-19-17-21(3)15-10-9-14(22-4)11-16(15)23-17;1-5(2,3)4/h5-11H,1H2,2-4H3;(H3,1,2,3,4)/q+2;/p-1. The maximum Gasteiger partial charge on any atom is 0.409 e. The summed E-state index contributed by atoms with van der Waals surface area (Å²) < 4.78 is 19.0. The predicted molar refractivity (Wildman–Crippen MR) is 105 cm³/mol. The molecule has 0 atom stereocenters. The molecule has 0 fully saturated rings. The molecule has 0 radical (unpaired) electrons. The molecule has 148 valence electrons. The zero-order valence-corrected chi connectivity index (χ0v) is 17.2. The normalized spacial score (nSPS) is 11.4. The van der Waals surface area contributed by atoms with Crippen LogP contribution in [0.2, 0.25) is 0 Å². The van der Waals surface area contributed by atoms with E-state index in [0.29, 0.717) is 0 Å². The van der Waals surface area contributed by atoms with E-state index >= 15 is 0 Å². The van der Waals surface area contributed by atoms with Gasteiger partial charge in [0.2, 0.25) is 5.69 Å². The third kappa shape index (κ3) is 6.29. The minimum absolute atomic E-state index is 0.811. The van der Waals surface area contributed by atoms with Gasteiger partial charge in [0.05, 0.1) is 24.0 Å². The molecule has 0 aliphatic rings. The van der Waals surface area contributed by atoms with E-state index in [9.17, 15) is 0 Å². The highest BCUT2D eigenvalue weighted by Gasteiger charge is 2.16. The quantitative estimate of drug-likeness (QED) is 0.289. The summed E-state index contributed by atoms with van der Waals surface area (Å²) in [6.45, 7) is 3.85. The van der Waals surface area contributed by atoms with Crippen molar-refractivity contribution >= 4 is 52.6 Å². The highest BCUT2D eigenvalue weighted by molar-refractivity contribution is 7.43. The van der Waals surface area contributed by atoms with Crippen LogP contribution in [0.5, 0.6) is 5.75 Å². The van der Waals surface area contributed by atoms with Gasteiger partial charge in [-0.2, -0.15) is 0 Å². The van der Waals surface area contributed by atoms with Crippen molar-refractivity contribution in [1.29, 1.82) is 0 Å². The van der Waals surface area contributed by atoms with Crippen LogP contribution in [0.25, 0.3) is 10.2 Å². The van der Waals surface area contributed by atoms with E-state index in [4.69, 9.17) is 24.0 Å². The number of phosphoric acid groups is 1. The molecule has 1 aromatic heterocycles. The second-order valence-corrected chi connectivity index (χ2v) is 7.67. The molecule has 0 saturated heterocycles. The highest BCUT2D eigenvalue weighted by Crippen LogP contribution is 2.30. The van der Waals surface area contributed by atoms with Crippen LogP contribution < -0.4 is 14.2 Å². The summed E-state index contributed by atoms with van der Waals surface area (Å²) in [5.41, 5.74) is 2.95. The SMILES string of the molecule is C=[N+](C)c1ccc(N=Nc2sc3cc(OC)ccc3[n+]2C)cc1.O=P([O-])(O)O. The molecular weight excluding hydrogens is 403 g/mol. The van der Waals surface area contributed by atoms with Crippen molar-refractivity contribution in [2.45, 2.75) is 0 Å². The number of nitrogens with zero attached hydrogens (tertiary/aromatic N) is 4. The number of benzene rings is 2. The molecule has 3 rings (SSSR count). The smallest absolute Gasteiger partial charge is 0.409 e. The molecule has 11 heteroatoms. The summed E-state index contributed by atoms with van der Waals surface area (Å²) in [5, 5.41) is 9.54. The molecule has 1 heterocycles. The van der Waals surface area contributed by atoms with Crippen LogP contribution in [0.4, 0.5) is 16.5 Å². The molecule has 28 heavy (non-hydrogen) atoms. The van der Waals surface area contributed by atoms with Gasteiger partial charge in [-0.15, -0.1) is 0 Å². The molecule has 0 aliphatic heterocycles. The van der Waals surface area contributed by atoms with Crippen LogP contribution >= 0.6 is 19.2 Å². The van der Waals surface area contributed by atoms with E-state index in [1.807, 2.05) is 61.1 Å². The summed E-state index contributed by atoms with van der Waals surface area (Å²) in [6.07, 6.45) is 0. The van der Waals surface area contributed by atoms with E-state index in [1.165, 1.54) is 0 Å². The van der Waals surface area contributed by atoms with Crippen LogP contribution in [0, 0.1) is 0 Å². The van der Waals surface area contributed by atoms with E-state index < -0.39 is 7.82 Å². The number of methoxy groups -OCH3 is 1. The van der Waals surface area contributed by atoms with E-state index in [0.717, 1.165) is 32.5 Å². The first kappa shape index (κ1) is 21.8. The lowest BCUT2D eigenvalue weighted by atomic mass is 10.3. The number of hydrogen-bond donors (Lipinski definition) is 2. The lowest BCUT2D eigenvalue weighted by molar-refractivity contribution is -0.627. The highest BCUT2D eigenvalue weighted by atomic mass is 32.1. The molecule has 0 aliphatic carbocycles. The van der Waals surface area contributed by atoms with E-state index in [2.05, 4.69) is 16.9 Å². The summed E-state index contributed by atoms with van der Waals surface area (Å²) in [4.78, 5) is 22.9. The van der Waals surface area contributed by atoms with Crippen LogP contribution in [-0.4, -0.2) is 35.2 Å². The topological polar surface area (TPSA) is 121 Å². The van der Waals surface area contributed by atoms with Crippen molar-refractivity contribution in [3.05, 3.63) is 42.5 Å². The molecule has 0 unspecified atom stereocenters. The van der Waals surface area contributed by atoms with E-state index in [1.54, 1.807) is 23.0 Å². The largest absolute Gasteiger partial charge is 0.756 e. The first-order chi connectivity index (χ1) is 13.1.